The van der Waals surface area contributed by atoms with Crippen molar-refractivity contribution in [2.75, 3.05) is 18.8 Å². The van der Waals surface area contributed by atoms with Gasteiger partial charge in [0, 0.05) is 25.9 Å². The van der Waals surface area contributed by atoms with Gasteiger partial charge in [0.1, 0.15) is 18.1 Å². The summed E-state index contributed by atoms with van der Waals surface area (Å²) in [5, 5.41) is 10.9. The van der Waals surface area contributed by atoms with Crippen molar-refractivity contribution < 1.29 is 32.4 Å². The van der Waals surface area contributed by atoms with Gasteiger partial charge in [0.05, 0.1) is 16.2 Å². The Balaban J connectivity index is 1.54. The highest BCUT2D eigenvalue weighted by molar-refractivity contribution is 7.91. The average molecular weight is 722 g/mol. The molecule has 0 aromatic heterocycles. The van der Waals surface area contributed by atoms with Crippen LogP contribution in [0.2, 0.25) is 0 Å². The monoisotopic (exact) mass is 721 g/mol. The maximum atomic E-state index is 14.4. The fourth-order valence-electron chi connectivity index (χ4n) is 7.72. The van der Waals surface area contributed by atoms with Crippen molar-refractivity contribution in [1.82, 2.24) is 26.2 Å². The third-order valence-corrected chi connectivity index (χ3v) is 12.6. The smallest absolute Gasteiger partial charge is 0.315 e. The van der Waals surface area contributed by atoms with Crippen LogP contribution in [0.3, 0.4) is 0 Å². The standard InChI is InChI=1S/C38H51N5O7S/c1-8-10-22-39-33(46)30(44)27(17-9-2)40-32(45)29-28-26(37(28,6)7)23-43(29)34(47)31(36(3,4)5)41-35(48)42-38(20-15-12-16-21-38)24-51(49,50)25-18-13-11-14-19-25/h1-2,11,13-14,18-19,26-29,31H,10,12,15-17,20-24H2,3-7H3,(H,39,46)(H,40,45)(H2,41,42,48)/t26-,27?,28-,29-,31+/m0/s1. The zero-order valence-corrected chi connectivity index (χ0v) is 31.0. The molecule has 13 heteroatoms. The molecule has 1 aromatic rings. The van der Waals surface area contributed by atoms with Gasteiger partial charge in [-0.15, -0.1) is 24.7 Å². The molecule has 1 aliphatic heterocycles. The van der Waals surface area contributed by atoms with Gasteiger partial charge >= 0.3 is 6.03 Å². The molecule has 2 aliphatic carbocycles. The number of benzene rings is 1. The van der Waals surface area contributed by atoms with Gasteiger partial charge in [0.2, 0.25) is 17.6 Å². The number of rotatable bonds is 13. The number of ketones is 1. The lowest BCUT2D eigenvalue weighted by Gasteiger charge is -2.40. The van der Waals surface area contributed by atoms with Gasteiger partial charge in [-0.3, -0.25) is 19.2 Å². The molecule has 3 fully saturated rings. The van der Waals surface area contributed by atoms with Crippen molar-refractivity contribution in [2.24, 2.45) is 22.7 Å². The fraction of sp³-hybridized carbons (Fsp3) is 0.605. The molecule has 12 nitrogen and oxygen atoms in total. The molecule has 0 bridgehead atoms. The Morgan fingerprint density at radius 2 is 1.63 bits per heavy atom. The molecule has 276 valence electrons. The third kappa shape index (κ3) is 8.93. The molecular weight excluding hydrogens is 671 g/mol. The minimum absolute atomic E-state index is 0.00538. The van der Waals surface area contributed by atoms with Gasteiger partial charge in [-0.1, -0.05) is 72.1 Å². The van der Waals surface area contributed by atoms with Crippen molar-refractivity contribution >= 4 is 39.4 Å². The summed E-state index contributed by atoms with van der Waals surface area (Å²) in [7, 11) is -3.74. The first-order valence-corrected chi connectivity index (χ1v) is 19.2. The van der Waals surface area contributed by atoms with Crippen LogP contribution in [0.1, 0.15) is 79.6 Å². The van der Waals surface area contributed by atoms with Gasteiger partial charge in [-0.25, -0.2) is 13.2 Å². The summed E-state index contributed by atoms with van der Waals surface area (Å²) in [4.78, 5) is 69.3. The molecule has 4 rings (SSSR count). The Kier molecular flexibility index (Phi) is 12.0. The van der Waals surface area contributed by atoms with E-state index in [0.717, 1.165) is 19.3 Å². The Labute approximate surface area is 301 Å². The van der Waals surface area contributed by atoms with Gasteiger partial charge < -0.3 is 26.2 Å². The SMILES string of the molecule is C#CCCNC(=O)C(=O)C(CC#C)NC(=O)[C@@H]1[C@@H]2[C@H](CN1C(=O)[C@@H](NC(=O)NC1(CS(=O)(=O)c3ccccc3)CCCCC1)C(C)(C)C)C2(C)C. The molecule has 5 atom stereocenters. The summed E-state index contributed by atoms with van der Waals surface area (Å²) in [6.45, 7) is 9.73. The molecule has 1 saturated heterocycles. The largest absolute Gasteiger partial charge is 0.348 e. The van der Waals surface area contributed by atoms with Crippen LogP contribution in [0.5, 0.6) is 0 Å². The number of carbonyl (C=O) groups is 5. The number of hydrogen-bond donors (Lipinski definition) is 4. The van der Waals surface area contributed by atoms with E-state index >= 15 is 0 Å². The van der Waals surface area contributed by atoms with Crippen LogP contribution >= 0.6 is 0 Å². The molecule has 5 amide bonds. The molecule has 1 aromatic carbocycles. The number of piperidine rings is 1. The summed E-state index contributed by atoms with van der Waals surface area (Å²) >= 11 is 0. The summed E-state index contributed by atoms with van der Waals surface area (Å²) in [6.07, 6.45) is 14.0. The number of amides is 5. The van der Waals surface area contributed by atoms with E-state index < -0.39 is 68.5 Å². The number of nitrogens with one attached hydrogen (secondary N) is 4. The Hall–Kier alpha value is -4.36. The second-order valence-electron chi connectivity index (χ2n) is 15.7. The van der Waals surface area contributed by atoms with Crippen LogP contribution in [0.25, 0.3) is 0 Å². The second kappa shape index (κ2) is 15.5. The van der Waals surface area contributed by atoms with Crippen LogP contribution in [-0.2, 0) is 29.0 Å². The Morgan fingerprint density at radius 3 is 2.22 bits per heavy atom. The van der Waals surface area contributed by atoms with E-state index in [1.165, 1.54) is 17.0 Å². The second-order valence-corrected chi connectivity index (χ2v) is 17.7. The molecule has 3 aliphatic rings. The van der Waals surface area contributed by atoms with Crippen molar-refractivity contribution in [3.8, 4) is 24.7 Å². The average Bonchev–Trinajstić information content (AvgIpc) is 3.37. The number of terminal acetylenes is 2. The van der Waals surface area contributed by atoms with Crippen LogP contribution in [0, 0.1) is 47.4 Å². The van der Waals surface area contributed by atoms with Gasteiger partial charge in [-0.05, 0) is 47.6 Å². The lowest BCUT2D eigenvalue weighted by Crippen LogP contribution is -2.63. The number of sulfone groups is 1. The van der Waals surface area contributed by atoms with Crippen molar-refractivity contribution in [2.45, 2.75) is 108 Å². The molecule has 1 heterocycles. The van der Waals surface area contributed by atoms with E-state index in [1.807, 2.05) is 13.8 Å². The van der Waals surface area contributed by atoms with Crippen molar-refractivity contribution in [3.63, 3.8) is 0 Å². The minimum atomic E-state index is -3.74. The number of fused-ring (bicyclic) bond motifs is 1. The first kappa shape index (κ1) is 39.4. The zero-order chi connectivity index (χ0) is 37.8. The van der Waals surface area contributed by atoms with E-state index in [0.29, 0.717) is 12.8 Å². The maximum absolute atomic E-state index is 14.4. The lowest BCUT2D eigenvalue weighted by molar-refractivity contribution is -0.145. The van der Waals surface area contributed by atoms with Crippen LogP contribution in [0.4, 0.5) is 4.79 Å². The van der Waals surface area contributed by atoms with E-state index in [1.54, 1.807) is 39.0 Å². The molecule has 1 unspecified atom stereocenters. The topological polar surface area (TPSA) is 171 Å². The first-order chi connectivity index (χ1) is 23.9. The highest BCUT2D eigenvalue weighted by atomic mass is 32.2. The third-order valence-electron chi connectivity index (χ3n) is 10.6. The van der Waals surface area contributed by atoms with Gasteiger partial charge in [0.15, 0.2) is 9.84 Å². The van der Waals surface area contributed by atoms with Crippen LogP contribution < -0.4 is 21.3 Å². The van der Waals surface area contributed by atoms with Gasteiger partial charge in [0.25, 0.3) is 5.91 Å². The fourth-order valence-corrected chi connectivity index (χ4v) is 9.55. The predicted molar refractivity (Wildman–Crippen MR) is 192 cm³/mol. The zero-order valence-electron chi connectivity index (χ0n) is 30.2. The number of hydrogen-bond acceptors (Lipinski definition) is 7. The number of urea groups is 1. The summed E-state index contributed by atoms with van der Waals surface area (Å²) in [5.41, 5.74) is -2.11. The molecule has 2 saturated carbocycles. The Morgan fingerprint density at radius 1 is 0.980 bits per heavy atom. The normalized spacial score (nSPS) is 22.9. The first-order valence-electron chi connectivity index (χ1n) is 17.5. The van der Waals surface area contributed by atoms with Crippen molar-refractivity contribution in [3.05, 3.63) is 30.3 Å². The van der Waals surface area contributed by atoms with Crippen LogP contribution in [-0.4, -0.2) is 85.4 Å². The molecule has 4 N–H and O–H groups in total. The minimum Gasteiger partial charge on any atom is -0.348 e. The summed E-state index contributed by atoms with van der Waals surface area (Å²) in [5.74, 6) is 1.25. The lowest BCUT2D eigenvalue weighted by atomic mass is 9.83. The van der Waals surface area contributed by atoms with Crippen molar-refractivity contribution in [1.29, 1.82) is 0 Å². The quantitative estimate of drug-likeness (QED) is 0.138. The molecule has 51 heavy (non-hydrogen) atoms. The molecule has 0 spiro atoms. The van der Waals surface area contributed by atoms with Crippen LogP contribution in [0.15, 0.2) is 35.2 Å². The molecule has 0 radical (unpaired) electrons. The number of nitrogens with zero attached hydrogens (tertiary/aromatic N) is 1. The summed E-state index contributed by atoms with van der Waals surface area (Å²) < 4.78 is 26.9. The van der Waals surface area contributed by atoms with E-state index in [2.05, 4.69) is 33.1 Å². The number of carbonyl (C=O) groups excluding carboxylic acids is 5. The molecular formula is C38H51N5O7S. The van der Waals surface area contributed by atoms with Gasteiger partial charge in [-0.2, -0.15) is 0 Å². The van der Waals surface area contributed by atoms with E-state index in [-0.39, 0.29) is 53.8 Å². The number of Topliss-reactive ketones (excluding diaryl/α,β-unsaturated/α-hetero) is 1. The highest BCUT2D eigenvalue weighted by Gasteiger charge is 2.70. The summed E-state index contributed by atoms with van der Waals surface area (Å²) in [6, 6.07) is 4.07. The van der Waals surface area contributed by atoms with E-state index in [4.69, 9.17) is 12.8 Å². The number of likely N-dealkylation sites (tertiary alicyclic amines) is 1. The van der Waals surface area contributed by atoms with E-state index in [9.17, 15) is 32.4 Å². The Bertz CT molecular complexity index is 1700. The highest BCUT2D eigenvalue weighted by Crippen LogP contribution is 2.65. The predicted octanol–water partition coefficient (Wildman–Crippen LogP) is 2.58. The maximum Gasteiger partial charge on any atom is 0.315 e.